The second-order valence-corrected chi connectivity index (χ2v) is 6.70. The lowest BCUT2D eigenvalue weighted by molar-refractivity contribution is 0.102. The number of halogens is 3. The Balaban J connectivity index is 2.00. The number of aromatic nitrogens is 2. The van der Waals surface area contributed by atoms with Crippen molar-refractivity contribution in [3.05, 3.63) is 68.9 Å². The van der Waals surface area contributed by atoms with Crippen LogP contribution < -0.4 is 5.32 Å². The minimum absolute atomic E-state index is 0.289. The first-order valence-corrected chi connectivity index (χ1v) is 8.56. The van der Waals surface area contributed by atoms with Crippen molar-refractivity contribution in [2.45, 2.75) is 6.92 Å². The van der Waals surface area contributed by atoms with Gasteiger partial charge < -0.3 is 5.32 Å². The van der Waals surface area contributed by atoms with Gasteiger partial charge in [0.2, 0.25) is 0 Å². The quantitative estimate of drug-likeness (QED) is 0.628. The van der Waals surface area contributed by atoms with Gasteiger partial charge in [0.15, 0.2) is 0 Å². The highest BCUT2D eigenvalue weighted by Crippen LogP contribution is 2.35. The van der Waals surface area contributed by atoms with Crippen LogP contribution in [0.2, 0.25) is 15.2 Å². The Hall–Kier alpha value is -2.01. The standard InChI is InChI=1S/C18H14Cl3N3O/c1-10-16(17(21)24(2)23-10)18(25)22-15-6-4-3-5-13(15)12-8-7-11(19)9-14(12)20/h3-9H,1-2H3,(H,22,25). The Kier molecular flexibility index (Phi) is 5.04. The van der Waals surface area contributed by atoms with Crippen molar-refractivity contribution in [1.29, 1.82) is 0 Å². The van der Waals surface area contributed by atoms with E-state index < -0.39 is 0 Å². The van der Waals surface area contributed by atoms with Crippen LogP contribution >= 0.6 is 34.8 Å². The molecular weight excluding hydrogens is 381 g/mol. The van der Waals surface area contributed by atoms with Crippen LogP contribution in [0.4, 0.5) is 5.69 Å². The molecule has 0 aliphatic rings. The van der Waals surface area contributed by atoms with Crippen molar-refractivity contribution < 1.29 is 4.79 Å². The summed E-state index contributed by atoms with van der Waals surface area (Å²) in [7, 11) is 1.69. The number of rotatable bonds is 3. The van der Waals surface area contributed by atoms with Crippen molar-refractivity contribution in [2.24, 2.45) is 7.05 Å². The molecule has 3 rings (SSSR count). The zero-order valence-corrected chi connectivity index (χ0v) is 15.7. The van der Waals surface area contributed by atoms with E-state index in [-0.39, 0.29) is 11.1 Å². The molecular formula is C18H14Cl3N3O. The lowest BCUT2D eigenvalue weighted by atomic mass is 10.0. The number of carbonyl (C=O) groups excluding carboxylic acids is 1. The Morgan fingerprint density at radius 2 is 1.80 bits per heavy atom. The second-order valence-electron chi connectivity index (χ2n) is 5.50. The molecule has 0 radical (unpaired) electrons. The smallest absolute Gasteiger partial charge is 0.260 e. The molecule has 25 heavy (non-hydrogen) atoms. The molecule has 4 nitrogen and oxygen atoms in total. The first-order valence-electron chi connectivity index (χ1n) is 7.43. The van der Waals surface area contributed by atoms with Crippen LogP contribution in [-0.2, 0) is 7.05 Å². The van der Waals surface area contributed by atoms with Gasteiger partial charge in [-0.1, -0.05) is 59.1 Å². The molecule has 0 bridgehead atoms. The van der Waals surface area contributed by atoms with E-state index in [2.05, 4.69) is 10.4 Å². The molecule has 3 aromatic rings. The molecule has 1 amide bonds. The van der Waals surface area contributed by atoms with E-state index in [1.165, 1.54) is 4.68 Å². The number of nitrogens with one attached hydrogen (secondary N) is 1. The summed E-state index contributed by atoms with van der Waals surface area (Å²) in [4.78, 5) is 12.7. The fourth-order valence-corrected chi connectivity index (χ4v) is 3.38. The van der Waals surface area contributed by atoms with Gasteiger partial charge in [0.25, 0.3) is 5.91 Å². The lowest BCUT2D eigenvalue weighted by Crippen LogP contribution is -2.13. The third-order valence-electron chi connectivity index (χ3n) is 3.78. The van der Waals surface area contributed by atoms with Crippen molar-refractivity contribution in [1.82, 2.24) is 9.78 Å². The Bertz CT molecular complexity index is 966. The van der Waals surface area contributed by atoms with Gasteiger partial charge in [0.05, 0.1) is 11.3 Å². The van der Waals surface area contributed by atoms with Crippen LogP contribution in [0.15, 0.2) is 42.5 Å². The zero-order valence-electron chi connectivity index (χ0n) is 13.5. The second kappa shape index (κ2) is 7.08. The third-order valence-corrected chi connectivity index (χ3v) is 4.76. The molecule has 0 saturated heterocycles. The normalized spacial score (nSPS) is 10.8. The zero-order chi connectivity index (χ0) is 18.1. The van der Waals surface area contributed by atoms with Crippen molar-refractivity contribution in [2.75, 3.05) is 5.32 Å². The van der Waals surface area contributed by atoms with E-state index >= 15 is 0 Å². The maximum absolute atomic E-state index is 12.7. The molecule has 1 heterocycles. The number of benzene rings is 2. The molecule has 0 aliphatic heterocycles. The average Bonchev–Trinajstić information content (AvgIpc) is 2.81. The maximum Gasteiger partial charge on any atom is 0.260 e. The highest BCUT2D eigenvalue weighted by molar-refractivity contribution is 6.36. The summed E-state index contributed by atoms with van der Waals surface area (Å²) in [6.45, 7) is 1.74. The Labute approximate surface area is 160 Å². The van der Waals surface area contributed by atoms with Crippen LogP contribution in [0.25, 0.3) is 11.1 Å². The molecule has 1 N–H and O–H groups in total. The molecule has 0 spiro atoms. The van der Waals surface area contributed by atoms with E-state index in [1.807, 2.05) is 24.3 Å². The minimum atomic E-state index is -0.326. The first-order chi connectivity index (χ1) is 11.9. The Morgan fingerprint density at radius 1 is 1.08 bits per heavy atom. The van der Waals surface area contributed by atoms with E-state index in [0.29, 0.717) is 27.0 Å². The predicted octanol–water partition coefficient (Wildman–Crippen LogP) is 5.61. The predicted molar refractivity (Wildman–Crippen MR) is 103 cm³/mol. The summed E-state index contributed by atoms with van der Waals surface area (Å²) >= 11 is 18.5. The number of carbonyl (C=O) groups is 1. The fourth-order valence-electron chi connectivity index (χ4n) is 2.61. The van der Waals surface area contributed by atoms with E-state index in [4.69, 9.17) is 34.8 Å². The van der Waals surface area contributed by atoms with Gasteiger partial charge in [0, 0.05) is 33.9 Å². The van der Waals surface area contributed by atoms with E-state index in [1.54, 1.807) is 32.2 Å². The molecule has 7 heteroatoms. The number of para-hydroxylation sites is 1. The lowest BCUT2D eigenvalue weighted by Gasteiger charge is -2.13. The highest BCUT2D eigenvalue weighted by Gasteiger charge is 2.20. The van der Waals surface area contributed by atoms with Gasteiger partial charge in [-0.25, -0.2) is 0 Å². The molecule has 0 unspecified atom stereocenters. The fraction of sp³-hybridized carbons (Fsp3) is 0.111. The molecule has 0 atom stereocenters. The maximum atomic E-state index is 12.7. The summed E-state index contributed by atoms with van der Waals surface area (Å²) < 4.78 is 1.47. The van der Waals surface area contributed by atoms with Crippen molar-refractivity contribution in [3.8, 4) is 11.1 Å². The summed E-state index contributed by atoms with van der Waals surface area (Å²) in [5.41, 5.74) is 3.09. The van der Waals surface area contributed by atoms with Gasteiger partial charge in [-0.15, -0.1) is 0 Å². The van der Waals surface area contributed by atoms with Gasteiger partial charge in [0.1, 0.15) is 5.15 Å². The SMILES string of the molecule is Cc1nn(C)c(Cl)c1C(=O)Nc1ccccc1-c1ccc(Cl)cc1Cl. The summed E-state index contributed by atoms with van der Waals surface area (Å²) in [5.74, 6) is -0.326. The first kappa shape index (κ1) is 17.8. The van der Waals surface area contributed by atoms with E-state index in [0.717, 1.165) is 11.1 Å². The molecule has 0 saturated carbocycles. The monoisotopic (exact) mass is 393 g/mol. The van der Waals surface area contributed by atoms with Gasteiger partial charge >= 0.3 is 0 Å². The summed E-state index contributed by atoms with van der Waals surface area (Å²) in [6.07, 6.45) is 0. The topological polar surface area (TPSA) is 46.9 Å². The molecule has 0 aliphatic carbocycles. The molecule has 0 fully saturated rings. The Morgan fingerprint density at radius 3 is 2.44 bits per heavy atom. The molecule has 128 valence electrons. The van der Waals surface area contributed by atoms with Crippen LogP contribution in [0.5, 0.6) is 0 Å². The van der Waals surface area contributed by atoms with Crippen molar-refractivity contribution >= 4 is 46.4 Å². The number of hydrogen-bond acceptors (Lipinski definition) is 2. The average molecular weight is 395 g/mol. The van der Waals surface area contributed by atoms with Gasteiger partial charge in [-0.05, 0) is 25.1 Å². The van der Waals surface area contributed by atoms with Gasteiger partial charge in [-0.3, -0.25) is 9.48 Å². The van der Waals surface area contributed by atoms with E-state index in [9.17, 15) is 4.79 Å². The van der Waals surface area contributed by atoms with Crippen LogP contribution in [0.3, 0.4) is 0 Å². The number of hydrogen-bond donors (Lipinski definition) is 1. The number of nitrogens with zero attached hydrogens (tertiary/aromatic N) is 2. The molecule has 2 aromatic carbocycles. The van der Waals surface area contributed by atoms with Crippen molar-refractivity contribution in [3.63, 3.8) is 0 Å². The van der Waals surface area contributed by atoms with Crippen LogP contribution in [-0.4, -0.2) is 15.7 Å². The highest BCUT2D eigenvalue weighted by atomic mass is 35.5. The summed E-state index contributed by atoms with van der Waals surface area (Å²) in [6, 6.07) is 12.6. The summed E-state index contributed by atoms with van der Waals surface area (Å²) in [5, 5.41) is 8.40. The van der Waals surface area contributed by atoms with Crippen LogP contribution in [0, 0.1) is 6.92 Å². The largest absolute Gasteiger partial charge is 0.321 e. The number of anilines is 1. The minimum Gasteiger partial charge on any atom is -0.321 e. The van der Waals surface area contributed by atoms with Crippen LogP contribution in [0.1, 0.15) is 16.1 Å². The molecule has 1 aromatic heterocycles. The number of amides is 1. The third kappa shape index (κ3) is 3.52. The number of aryl methyl sites for hydroxylation is 2. The van der Waals surface area contributed by atoms with Gasteiger partial charge in [-0.2, -0.15) is 5.10 Å².